The van der Waals surface area contributed by atoms with Crippen LogP contribution in [0.1, 0.15) is 16.7 Å². The molecule has 2 aromatic carbocycles. The Morgan fingerprint density at radius 2 is 1.90 bits per heavy atom. The summed E-state index contributed by atoms with van der Waals surface area (Å²) in [7, 11) is 0. The zero-order valence-corrected chi connectivity index (χ0v) is 12.1. The molecule has 0 bridgehead atoms. The maximum Gasteiger partial charge on any atom is 0.103 e. The van der Waals surface area contributed by atoms with Crippen LogP contribution in [0, 0.1) is 13.8 Å². The molecule has 0 spiro atoms. The van der Waals surface area contributed by atoms with Gasteiger partial charge in [-0.05, 0) is 49.1 Å². The van der Waals surface area contributed by atoms with Gasteiger partial charge < -0.3 is 10.2 Å². The van der Waals surface area contributed by atoms with Gasteiger partial charge in [-0.25, -0.2) is 0 Å². The third-order valence-corrected chi connectivity index (χ3v) is 4.10. The van der Waals surface area contributed by atoms with Gasteiger partial charge in [-0.15, -0.1) is 0 Å². The van der Waals surface area contributed by atoms with Gasteiger partial charge in [0.2, 0.25) is 0 Å². The number of benzene rings is 2. The first-order valence-corrected chi connectivity index (χ1v) is 7.04. The Labute approximate surface area is 120 Å². The lowest BCUT2D eigenvalue weighted by molar-refractivity contribution is 0.951. The Morgan fingerprint density at radius 1 is 1.10 bits per heavy atom. The van der Waals surface area contributed by atoms with Crippen molar-refractivity contribution in [2.24, 2.45) is 0 Å². The fourth-order valence-electron chi connectivity index (χ4n) is 2.73. The van der Waals surface area contributed by atoms with Crippen molar-refractivity contribution in [3.63, 3.8) is 0 Å². The number of rotatable bonds is 3. The molecule has 0 amide bonds. The molecule has 1 N–H and O–H groups in total. The highest BCUT2D eigenvalue weighted by molar-refractivity contribution is 5.66. The van der Waals surface area contributed by atoms with E-state index in [4.69, 9.17) is 0 Å². The van der Waals surface area contributed by atoms with Gasteiger partial charge in [-0.2, -0.15) is 0 Å². The maximum absolute atomic E-state index is 4.22. The molecule has 2 aromatic rings. The number of para-hydroxylation sites is 1. The average molecular weight is 264 g/mol. The summed E-state index contributed by atoms with van der Waals surface area (Å²) in [6, 6.07) is 14.9. The summed E-state index contributed by atoms with van der Waals surface area (Å²) in [4.78, 5) is 2.26. The Balaban J connectivity index is 1.83. The second kappa shape index (κ2) is 5.04. The van der Waals surface area contributed by atoms with Gasteiger partial charge >= 0.3 is 0 Å². The van der Waals surface area contributed by atoms with Crippen molar-refractivity contribution in [2.75, 3.05) is 16.8 Å². The fourth-order valence-corrected chi connectivity index (χ4v) is 2.73. The van der Waals surface area contributed by atoms with Crippen molar-refractivity contribution in [3.05, 3.63) is 71.6 Å². The van der Waals surface area contributed by atoms with Crippen LogP contribution in [0.2, 0.25) is 0 Å². The maximum atomic E-state index is 4.22. The third kappa shape index (κ3) is 2.18. The summed E-state index contributed by atoms with van der Waals surface area (Å²) in [5.41, 5.74) is 6.39. The number of aryl methyl sites for hydroxylation is 1. The zero-order chi connectivity index (χ0) is 14.1. The number of fused-ring (bicyclic) bond motifs is 1. The highest BCUT2D eigenvalue weighted by atomic mass is 15.3. The van der Waals surface area contributed by atoms with E-state index < -0.39 is 0 Å². The van der Waals surface area contributed by atoms with E-state index in [1.54, 1.807) is 0 Å². The van der Waals surface area contributed by atoms with Crippen molar-refractivity contribution in [1.82, 2.24) is 0 Å². The molecule has 102 valence electrons. The standard InChI is InChI=1S/C18H20N2/c1-13-7-6-9-17(14(13)2)19-15(3)20-12-11-16-8-4-5-10-18(16)20/h4-10,19H,3,11-12H2,1-2H3. The third-order valence-electron chi connectivity index (χ3n) is 4.10. The molecule has 0 saturated heterocycles. The molecule has 1 aliphatic rings. The molecule has 1 heterocycles. The summed E-state index contributed by atoms with van der Waals surface area (Å²) < 4.78 is 0. The quantitative estimate of drug-likeness (QED) is 0.891. The first-order valence-electron chi connectivity index (χ1n) is 7.04. The Morgan fingerprint density at radius 3 is 2.75 bits per heavy atom. The molecule has 3 rings (SSSR count). The first-order chi connectivity index (χ1) is 9.66. The Bertz CT molecular complexity index is 658. The number of nitrogens with zero attached hydrogens (tertiary/aromatic N) is 1. The summed E-state index contributed by atoms with van der Waals surface area (Å²) >= 11 is 0. The Hall–Kier alpha value is -2.22. The number of anilines is 2. The van der Waals surface area contributed by atoms with Crippen molar-refractivity contribution in [2.45, 2.75) is 20.3 Å². The predicted octanol–water partition coefficient (Wildman–Crippen LogP) is 4.25. The summed E-state index contributed by atoms with van der Waals surface area (Å²) in [5, 5.41) is 3.47. The second-order valence-electron chi connectivity index (χ2n) is 5.35. The van der Waals surface area contributed by atoms with Crippen LogP contribution in [0.3, 0.4) is 0 Å². The van der Waals surface area contributed by atoms with Gasteiger partial charge in [0, 0.05) is 17.9 Å². The minimum Gasteiger partial charge on any atom is -0.342 e. The van der Waals surface area contributed by atoms with Gasteiger partial charge in [0.15, 0.2) is 0 Å². The van der Waals surface area contributed by atoms with Crippen molar-refractivity contribution < 1.29 is 0 Å². The van der Waals surface area contributed by atoms with E-state index in [9.17, 15) is 0 Å². The van der Waals surface area contributed by atoms with Crippen molar-refractivity contribution in [3.8, 4) is 0 Å². The first kappa shape index (κ1) is 12.8. The largest absolute Gasteiger partial charge is 0.342 e. The molecule has 2 nitrogen and oxygen atoms in total. The molecule has 0 aliphatic carbocycles. The Kier molecular flexibility index (Phi) is 3.23. The van der Waals surface area contributed by atoms with E-state index in [0.29, 0.717) is 0 Å². The molecular formula is C18H20N2. The van der Waals surface area contributed by atoms with Crippen molar-refractivity contribution >= 4 is 11.4 Å². The van der Waals surface area contributed by atoms with Crippen molar-refractivity contribution in [1.29, 1.82) is 0 Å². The van der Waals surface area contributed by atoms with E-state index in [1.807, 2.05) is 0 Å². The van der Waals surface area contributed by atoms with E-state index in [2.05, 4.69) is 73.1 Å². The molecule has 0 aromatic heterocycles. The number of nitrogens with one attached hydrogen (secondary N) is 1. The lowest BCUT2D eigenvalue weighted by Gasteiger charge is -2.24. The van der Waals surface area contributed by atoms with Crippen LogP contribution in [0.5, 0.6) is 0 Å². The van der Waals surface area contributed by atoms with E-state index in [1.165, 1.54) is 22.4 Å². The predicted molar refractivity (Wildman–Crippen MR) is 86.2 cm³/mol. The highest BCUT2D eigenvalue weighted by Gasteiger charge is 2.20. The second-order valence-corrected chi connectivity index (χ2v) is 5.35. The lowest BCUT2D eigenvalue weighted by Crippen LogP contribution is -2.24. The molecule has 20 heavy (non-hydrogen) atoms. The van der Waals surface area contributed by atoms with Crippen LogP contribution in [0.25, 0.3) is 0 Å². The summed E-state index contributed by atoms with van der Waals surface area (Å²) in [6.45, 7) is 9.49. The van der Waals surface area contributed by atoms with E-state index in [0.717, 1.165) is 24.5 Å². The normalized spacial score (nSPS) is 13.2. The van der Waals surface area contributed by atoms with E-state index >= 15 is 0 Å². The molecule has 1 aliphatic heterocycles. The highest BCUT2D eigenvalue weighted by Crippen LogP contribution is 2.31. The van der Waals surface area contributed by atoms with Crippen LogP contribution in [-0.4, -0.2) is 6.54 Å². The lowest BCUT2D eigenvalue weighted by atomic mass is 10.1. The zero-order valence-electron chi connectivity index (χ0n) is 12.1. The minimum absolute atomic E-state index is 0.948. The summed E-state index contributed by atoms with van der Waals surface area (Å²) in [5.74, 6) is 0.948. The molecular weight excluding hydrogens is 244 g/mol. The summed E-state index contributed by atoms with van der Waals surface area (Å²) in [6.07, 6.45) is 1.09. The smallest absolute Gasteiger partial charge is 0.103 e. The number of hydrogen-bond acceptors (Lipinski definition) is 2. The van der Waals surface area contributed by atoms with Crippen LogP contribution in [0.4, 0.5) is 11.4 Å². The van der Waals surface area contributed by atoms with Crippen LogP contribution in [-0.2, 0) is 6.42 Å². The van der Waals surface area contributed by atoms with Gasteiger partial charge in [0.1, 0.15) is 5.82 Å². The average Bonchev–Trinajstić information content (AvgIpc) is 2.88. The van der Waals surface area contributed by atoms with Gasteiger partial charge in [-0.1, -0.05) is 36.9 Å². The topological polar surface area (TPSA) is 15.3 Å². The fraction of sp³-hybridized carbons (Fsp3) is 0.222. The van der Waals surface area contributed by atoms with Gasteiger partial charge in [0.05, 0.1) is 0 Å². The minimum atomic E-state index is 0.948. The van der Waals surface area contributed by atoms with Crippen LogP contribution < -0.4 is 10.2 Å². The van der Waals surface area contributed by atoms with E-state index in [-0.39, 0.29) is 0 Å². The number of hydrogen-bond donors (Lipinski definition) is 1. The molecule has 0 radical (unpaired) electrons. The molecule has 0 atom stereocenters. The molecule has 0 unspecified atom stereocenters. The molecule has 0 saturated carbocycles. The molecule has 0 fully saturated rings. The SMILES string of the molecule is C=C(Nc1cccc(C)c1C)N1CCc2ccccc21. The van der Waals surface area contributed by atoms with Gasteiger partial charge in [-0.3, -0.25) is 0 Å². The van der Waals surface area contributed by atoms with Crippen LogP contribution in [0.15, 0.2) is 54.9 Å². The monoisotopic (exact) mass is 264 g/mol. The van der Waals surface area contributed by atoms with Crippen LogP contribution >= 0.6 is 0 Å². The van der Waals surface area contributed by atoms with Gasteiger partial charge in [0.25, 0.3) is 0 Å². The molecule has 2 heteroatoms.